The maximum absolute atomic E-state index is 4.71. The molecule has 1 atom stereocenters. The number of pyridine rings is 1. The van der Waals surface area contributed by atoms with Gasteiger partial charge in [-0.25, -0.2) is 4.98 Å². The van der Waals surface area contributed by atoms with E-state index in [9.17, 15) is 0 Å². The van der Waals surface area contributed by atoms with Crippen molar-refractivity contribution in [3.8, 4) is 0 Å². The van der Waals surface area contributed by atoms with E-state index >= 15 is 0 Å². The van der Waals surface area contributed by atoms with Gasteiger partial charge in [-0.1, -0.05) is 43.3 Å². The predicted octanol–water partition coefficient (Wildman–Crippen LogP) is 4.18. The summed E-state index contributed by atoms with van der Waals surface area (Å²) in [7, 11) is 0. The SMILES string of the molecule is CC(CCNc1ccc2c(n1)CCC2)c1ccccc1. The highest BCUT2D eigenvalue weighted by atomic mass is 15.0. The fourth-order valence-corrected chi connectivity index (χ4v) is 2.88. The summed E-state index contributed by atoms with van der Waals surface area (Å²) < 4.78 is 0. The molecule has 1 heterocycles. The molecule has 2 aromatic rings. The lowest BCUT2D eigenvalue weighted by Gasteiger charge is -2.13. The molecule has 1 aromatic heterocycles. The lowest BCUT2D eigenvalue weighted by molar-refractivity contribution is 0.704. The number of fused-ring (bicyclic) bond motifs is 1. The molecule has 0 radical (unpaired) electrons. The van der Waals surface area contributed by atoms with Gasteiger partial charge >= 0.3 is 0 Å². The largest absolute Gasteiger partial charge is 0.370 e. The molecular formula is C18H22N2. The van der Waals surface area contributed by atoms with E-state index in [1.165, 1.54) is 29.7 Å². The van der Waals surface area contributed by atoms with Gasteiger partial charge in [0.05, 0.1) is 0 Å². The highest BCUT2D eigenvalue weighted by Crippen LogP contribution is 2.22. The van der Waals surface area contributed by atoms with Crippen LogP contribution in [0.25, 0.3) is 0 Å². The van der Waals surface area contributed by atoms with Crippen molar-refractivity contribution >= 4 is 5.82 Å². The summed E-state index contributed by atoms with van der Waals surface area (Å²) in [6.07, 6.45) is 4.73. The third-order valence-electron chi connectivity index (χ3n) is 4.18. The number of hydrogen-bond donors (Lipinski definition) is 1. The van der Waals surface area contributed by atoms with Crippen molar-refractivity contribution in [2.75, 3.05) is 11.9 Å². The third kappa shape index (κ3) is 3.01. The first-order chi connectivity index (χ1) is 9.83. The van der Waals surface area contributed by atoms with Crippen LogP contribution >= 0.6 is 0 Å². The van der Waals surface area contributed by atoms with Gasteiger partial charge in [0.25, 0.3) is 0 Å². The fraction of sp³-hybridized carbons (Fsp3) is 0.389. The molecule has 0 saturated carbocycles. The summed E-state index contributed by atoms with van der Waals surface area (Å²) in [4.78, 5) is 4.71. The van der Waals surface area contributed by atoms with E-state index in [1.807, 2.05) is 0 Å². The molecule has 1 unspecified atom stereocenters. The molecule has 104 valence electrons. The van der Waals surface area contributed by atoms with E-state index in [0.29, 0.717) is 5.92 Å². The number of nitrogens with zero attached hydrogens (tertiary/aromatic N) is 1. The van der Waals surface area contributed by atoms with E-state index in [4.69, 9.17) is 4.98 Å². The summed E-state index contributed by atoms with van der Waals surface area (Å²) in [5.74, 6) is 1.61. The van der Waals surface area contributed by atoms with E-state index < -0.39 is 0 Å². The second-order valence-corrected chi connectivity index (χ2v) is 5.68. The molecule has 1 aromatic carbocycles. The highest BCUT2D eigenvalue weighted by molar-refractivity contribution is 5.40. The topological polar surface area (TPSA) is 24.9 Å². The van der Waals surface area contributed by atoms with Crippen molar-refractivity contribution in [1.29, 1.82) is 0 Å². The maximum Gasteiger partial charge on any atom is 0.126 e. The second-order valence-electron chi connectivity index (χ2n) is 5.68. The van der Waals surface area contributed by atoms with Gasteiger partial charge in [-0.05, 0) is 48.8 Å². The molecule has 0 fully saturated rings. The monoisotopic (exact) mass is 266 g/mol. The van der Waals surface area contributed by atoms with Crippen molar-refractivity contribution in [3.63, 3.8) is 0 Å². The van der Waals surface area contributed by atoms with Crippen LogP contribution in [0.2, 0.25) is 0 Å². The summed E-state index contributed by atoms with van der Waals surface area (Å²) in [5, 5.41) is 3.46. The Balaban J connectivity index is 1.53. The third-order valence-corrected chi connectivity index (χ3v) is 4.18. The van der Waals surface area contributed by atoms with Crippen LogP contribution in [0, 0.1) is 0 Å². The standard InChI is InChI=1S/C18H22N2/c1-14(15-6-3-2-4-7-15)12-13-19-18-11-10-16-8-5-9-17(16)20-18/h2-4,6-7,10-11,14H,5,8-9,12-13H2,1H3,(H,19,20). The van der Waals surface area contributed by atoms with E-state index in [1.54, 1.807) is 0 Å². The van der Waals surface area contributed by atoms with Gasteiger partial charge in [-0.15, -0.1) is 0 Å². The summed E-state index contributed by atoms with van der Waals surface area (Å²) in [6, 6.07) is 15.1. The Morgan fingerprint density at radius 1 is 1.10 bits per heavy atom. The van der Waals surface area contributed by atoms with E-state index in [2.05, 4.69) is 54.7 Å². The van der Waals surface area contributed by atoms with Gasteiger partial charge in [-0.2, -0.15) is 0 Å². The first-order valence-electron chi connectivity index (χ1n) is 7.60. The zero-order chi connectivity index (χ0) is 13.8. The number of rotatable bonds is 5. The number of aryl methyl sites for hydroxylation is 2. The molecule has 0 saturated heterocycles. The Labute approximate surface area is 121 Å². The number of nitrogens with one attached hydrogen (secondary N) is 1. The smallest absolute Gasteiger partial charge is 0.126 e. The number of hydrogen-bond acceptors (Lipinski definition) is 2. The minimum absolute atomic E-state index is 0.582. The normalized spacial score (nSPS) is 14.8. The van der Waals surface area contributed by atoms with Crippen LogP contribution in [0.3, 0.4) is 0 Å². The van der Waals surface area contributed by atoms with Gasteiger partial charge in [0.2, 0.25) is 0 Å². The van der Waals surface area contributed by atoms with Gasteiger partial charge in [0, 0.05) is 12.2 Å². The van der Waals surface area contributed by atoms with E-state index in [-0.39, 0.29) is 0 Å². The van der Waals surface area contributed by atoms with Crippen LogP contribution in [0.5, 0.6) is 0 Å². The molecule has 1 aliphatic rings. The molecular weight excluding hydrogens is 244 g/mol. The molecule has 0 aliphatic heterocycles. The molecule has 0 amide bonds. The van der Waals surface area contributed by atoms with Crippen molar-refractivity contribution in [3.05, 3.63) is 59.3 Å². The molecule has 0 bridgehead atoms. The van der Waals surface area contributed by atoms with Crippen LogP contribution in [0.1, 0.15) is 42.5 Å². The molecule has 20 heavy (non-hydrogen) atoms. The Morgan fingerprint density at radius 2 is 1.95 bits per heavy atom. The average molecular weight is 266 g/mol. The second kappa shape index (κ2) is 6.08. The van der Waals surface area contributed by atoms with Crippen molar-refractivity contribution in [2.24, 2.45) is 0 Å². The molecule has 0 spiro atoms. The Hall–Kier alpha value is -1.83. The molecule has 2 heteroatoms. The molecule has 3 rings (SSSR count). The zero-order valence-electron chi connectivity index (χ0n) is 12.1. The average Bonchev–Trinajstić information content (AvgIpc) is 2.95. The van der Waals surface area contributed by atoms with Crippen LogP contribution in [0.4, 0.5) is 5.82 Å². The molecule has 1 N–H and O–H groups in total. The van der Waals surface area contributed by atoms with Gasteiger partial charge in [0.1, 0.15) is 5.82 Å². The zero-order valence-corrected chi connectivity index (χ0v) is 12.1. The Morgan fingerprint density at radius 3 is 2.80 bits per heavy atom. The van der Waals surface area contributed by atoms with Gasteiger partial charge in [0.15, 0.2) is 0 Å². The Kier molecular flexibility index (Phi) is 4.00. The van der Waals surface area contributed by atoms with Crippen molar-refractivity contribution < 1.29 is 0 Å². The summed E-state index contributed by atoms with van der Waals surface area (Å²) in [6.45, 7) is 3.26. The van der Waals surface area contributed by atoms with Gasteiger partial charge in [-0.3, -0.25) is 0 Å². The maximum atomic E-state index is 4.71. The summed E-state index contributed by atoms with van der Waals surface area (Å²) >= 11 is 0. The summed E-state index contributed by atoms with van der Waals surface area (Å²) in [5.41, 5.74) is 4.15. The van der Waals surface area contributed by atoms with Crippen LogP contribution < -0.4 is 5.32 Å². The highest BCUT2D eigenvalue weighted by Gasteiger charge is 2.12. The number of aromatic nitrogens is 1. The van der Waals surface area contributed by atoms with Crippen LogP contribution in [-0.4, -0.2) is 11.5 Å². The Bertz CT molecular complexity index is 563. The minimum Gasteiger partial charge on any atom is -0.370 e. The molecule has 2 nitrogen and oxygen atoms in total. The van der Waals surface area contributed by atoms with E-state index in [0.717, 1.165) is 25.2 Å². The first-order valence-corrected chi connectivity index (χ1v) is 7.60. The lowest BCUT2D eigenvalue weighted by atomic mass is 9.98. The molecule has 1 aliphatic carbocycles. The lowest BCUT2D eigenvalue weighted by Crippen LogP contribution is -2.07. The number of benzene rings is 1. The predicted molar refractivity (Wildman–Crippen MR) is 84.2 cm³/mol. The van der Waals surface area contributed by atoms with Crippen molar-refractivity contribution in [2.45, 2.75) is 38.5 Å². The fourth-order valence-electron chi connectivity index (χ4n) is 2.88. The first kappa shape index (κ1) is 13.2. The van der Waals surface area contributed by atoms with Crippen LogP contribution in [0.15, 0.2) is 42.5 Å². The van der Waals surface area contributed by atoms with Crippen LogP contribution in [-0.2, 0) is 12.8 Å². The van der Waals surface area contributed by atoms with Gasteiger partial charge < -0.3 is 5.32 Å². The quantitative estimate of drug-likeness (QED) is 0.878. The number of anilines is 1. The van der Waals surface area contributed by atoms with Crippen molar-refractivity contribution in [1.82, 2.24) is 4.98 Å². The minimum atomic E-state index is 0.582.